The fraction of sp³-hybridized carbons (Fsp3) is 0.636. The van der Waals surface area contributed by atoms with E-state index in [1.54, 1.807) is 12.4 Å². The molecule has 4 heteroatoms. The number of nitrogens with one attached hydrogen (secondary N) is 1. The molecule has 1 aliphatic heterocycles. The topological polar surface area (TPSA) is 41.1 Å². The molecule has 0 amide bonds. The first-order chi connectivity index (χ1) is 7.27. The van der Waals surface area contributed by atoms with Crippen LogP contribution in [-0.2, 0) is 0 Å². The quantitative estimate of drug-likeness (QED) is 0.800. The maximum Gasteiger partial charge on any atom is 0.149 e. The first kappa shape index (κ1) is 10.4. The lowest BCUT2D eigenvalue weighted by Gasteiger charge is -2.23. The van der Waals surface area contributed by atoms with Gasteiger partial charge < -0.3 is 10.2 Å². The molecule has 0 saturated carbocycles. The van der Waals surface area contributed by atoms with E-state index in [2.05, 4.69) is 27.2 Å². The van der Waals surface area contributed by atoms with Crippen LogP contribution < -0.4 is 10.2 Å². The predicted octanol–water partition coefficient (Wildman–Crippen LogP) is 0.973. The van der Waals surface area contributed by atoms with Crippen molar-refractivity contribution in [2.75, 3.05) is 25.0 Å². The molecule has 1 atom stereocenters. The summed E-state index contributed by atoms with van der Waals surface area (Å²) in [6.45, 7) is 4.17. The fourth-order valence-corrected chi connectivity index (χ4v) is 2.10. The van der Waals surface area contributed by atoms with Crippen molar-refractivity contribution < 1.29 is 0 Å². The molecule has 1 fully saturated rings. The van der Waals surface area contributed by atoms with Crippen LogP contribution in [0.5, 0.6) is 0 Å². The van der Waals surface area contributed by atoms with Gasteiger partial charge in [-0.05, 0) is 26.3 Å². The van der Waals surface area contributed by atoms with Crippen LogP contribution in [-0.4, -0.2) is 36.1 Å². The Morgan fingerprint density at radius 3 is 2.93 bits per heavy atom. The number of nitrogens with zero attached hydrogens (tertiary/aromatic N) is 3. The van der Waals surface area contributed by atoms with Gasteiger partial charge >= 0.3 is 0 Å². The highest BCUT2D eigenvalue weighted by atomic mass is 15.2. The third-order valence-corrected chi connectivity index (χ3v) is 2.87. The number of anilines is 1. The Balaban J connectivity index is 2.00. The SMILES string of the molecule is Cc1nccnc1N(C)C[C@H]1CCCN1. The van der Waals surface area contributed by atoms with Gasteiger partial charge in [0.1, 0.15) is 5.82 Å². The van der Waals surface area contributed by atoms with Gasteiger partial charge in [0, 0.05) is 32.0 Å². The highest BCUT2D eigenvalue weighted by Crippen LogP contribution is 2.14. The molecular formula is C11H18N4. The lowest BCUT2D eigenvalue weighted by molar-refractivity contribution is 0.596. The van der Waals surface area contributed by atoms with E-state index in [1.165, 1.54) is 12.8 Å². The summed E-state index contributed by atoms with van der Waals surface area (Å²) < 4.78 is 0. The molecule has 0 radical (unpaired) electrons. The maximum absolute atomic E-state index is 4.36. The van der Waals surface area contributed by atoms with Crippen molar-refractivity contribution >= 4 is 5.82 Å². The van der Waals surface area contributed by atoms with Gasteiger partial charge in [-0.25, -0.2) is 4.98 Å². The summed E-state index contributed by atoms with van der Waals surface area (Å²) in [7, 11) is 2.08. The second kappa shape index (κ2) is 4.57. The average molecular weight is 206 g/mol. The predicted molar refractivity (Wildman–Crippen MR) is 61.1 cm³/mol. The van der Waals surface area contributed by atoms with Crippen LogP contribution in [0.4, 0.5) is 5.82 Å². The molecule has 1 saturated heterocycles. The minimum absolute atomic E-state index is 0.608. The van der Waals surface area contributed by atoms with E-state index >= 15 is 0 Å². The molecular weight excluding hydrogens is 188 g/mol. The lowest BCUT2D eigenvalue weighted by Crippen LogP contribution is -2.36. The Kier molecular flexibility index (Phi) is 3.16. The molecule has 82 valence electrons. The summed E-state index contributed by atoms with van der Waals surface area (Å²) in [5, 5.41) is 3.49. The van der Waals surface area contributed by atoms with Crippen molar-refractivity contribution in [1.29, 1.82) is 0 Å². The first-order valence-electron chi connectivity index (χ1n) is 5.49. The summed E-state index contributed by atoms with van der Waals surface area (Å²) in [6, 6.07) is 0.608. The normalized spacial score (nSPS) is 20.5. The lowest BCUT2D eigenvalue weighted by atomic mass is 10.2. The largest absolute Gasteiger partial charge is 0.357 e. The van der Waals surface area contributed by atoms with Crippen LogP contribution in [0.1, 0.15) is 18.5 Å². The van der Waals surface area contributed by atoms with Crippen LogP contribution in [0.3, 0.4) is 0 Å². The van der Waals surface area contributed by atoms with Gasteiger partial charge in [-0.15, -0.1) is 0 Å². The molecule has 4 nitrogen and oxygen atoms in total. The molecule has 1 aromatic rings. The van der Waals surface area contributed by atoms with Crippen LogP contribution in [0.2, 0.25) is 0 Å². The molecule has 0 bridgehead atoms. The molecule has 2 heterocycles. The monoisotopic (exact) mass is 206 g/mol. The summed E-state index contributed by atoms with van der Waals surface area (Å²) in [5.41, 5.74) is 0.998. The minimum Gasteiger partial charge on any atom is -0.357 e. The maximum atomic E-state index is 4.36. The van der Waals surface area contributed by atoms with E-state index in [9.17, 15) is 0 Å². The summed E-state index contributed by atoms with van der Waals surface area (Å²) in [4.78, 5) is 10.8. The van der Waals surface area contributed by atoms with Gasteiger partial charge in [-0.2, -0.15) is 0 Å². The van der Waals surface area contributed by atoms with Gasteiger partial charge in [-0.1, -0.05) is 0 Å². The highest BCUT2D eigenvalue weighted by Gasteiger charge is 2.17. The van der Waals surface area contributed by atoms with Gasteiger partial charge in [0.2, 0.25) is 0 Å². The molecule has 2 rings (SSSR count). The van der Waals surface area contributed by atoms with Gasteiger partial charge in [0.15, 0.2) is 0 Å². The number of hydrogen-bond acceptors (Lipinski definition) is 4. The second-order valence-corrected chi connectivity index (χ2v) is 4.14. The molecule has 1 aromatic heterocycles. The zero-order chi connectivity index (χ0) is 10.7. The Labute approximate surface area is 90.7 Å². The zero-order valence-electron chi connectivity index (χ0n) is 9.40. The van der Waals surface area contributed by atoms with Crippen LogP contribution in [0.25, 0.3) is 0 Å². The third-order valence-electron chi connectivity index (χ3n) is 2.87. The number of aromatic nitrogens is 2. The number of aryl methyl sites for hydroxylation is 1. The van der Waals surface area contributed by atoms with E-state index < -0.39 is 0 Å². The van der Waals surface area contributed by atoms with Crippen molar-refractivity contribution in [3.05, 3.63) is 18.1 Å². The fourth-order valence-electron chi connectivity index (χ4n) is 2.10. The minimum atomic E-state index is 0.608. The van der Waals surface area contributed by atoms with Gasteiger partial charge in [0.05, 0.1) is 5.69 Å². The molecule has 1 N–H and O–H groups in total. The van der Waals surface area contributed by atoms with E-state index in [-0.39, 0.29) is 0 Å². The number of likely N-dealkylation sites (N-methyl/N-ethyl adjacent to an activating group) is 1. The van der Waals surface area contributed by atoms with E-state index in [1.807, 2.05) is 6.92 Å². The van der Waals surface area contributed by atoms with Crippen LogP contribution >= 0.6 is 0 Å². The van der Waals surface area contributed by atoms with Gasteiger partial charge in [-0.3, -0.25) is 4.98 Å². The Morgan fingerprint density at radius 1 is 1.47 bits per heavy atom. The molecule has 15 heavy (non-hydrogen) atoms. The van der Waals surface area contributed by atoms with Crippen molar-refractivity contribution in [3.63, 3.8) is 0 Å². The Hall–Kier alpha value is -1.16. The van der Waals surface area contributed by atoms with Crippen LogP contribution in [0.15, 0.2) is 12.4 Å². The summed E-state index contributed by atoms with van der Waals surface area (Å²) in [6.07, 6.45) is 6.04. The standard InChI is InChI=1S/C11H18N4/c1-9-11(14-7-6-12-9)15(2)8-10-4-3-5-13-10/h6-7,10,13H,3-5,8H2,1-2H3/t10-/m1/s1. The molecule has 0 aliphatic carbocycles. The number of hydrogen-bond donors (Lipinski definition) is 1. The second-order valence-electron chi connectivity index (χ2n) is 4.14. The molecule has 0 unspecified atom stereocenters. The van der Waals surface area contributed by atoms with Crippen molar-refractivity contribution in [1.82, 2.24) is 15.3 Å². The average Bonchev–Trinajstić information content (AvgIpc) is 2.71. The summed E-state index contributed by atoms with van der Waals surface area (Å²) >= 11 is 0. The Morgan fingerprint density at radius 2 is 2.27 bits per heavy atom. The van der Waals surface area contributed by atoms with E-state index in [4.69, 9.17) is 0 Å². The van der Waals surface area contributed by atoms with Crippen molar-refractivity contribution in [2.45, 2.75) is 25.8 Å². The summed E-state index contributed by atoms with van der Waals surface area (Å²) in [5.74, 6) is 0.992. The molecule has 0 aromatic carbocycles. The smallest absolute Gasteiger partial charge is 0.149 e. The first-order valence-corrected chi connectivity index (χ1v) is 5.49. The van der Waals surface area contributed by atoms with Crippen LogP contribution in [0, 0.1) is 6.92 Å². The highest BCUT2D eigenvalue weighted by molar-refractivity contribution is 5.41. The molecule has 1 aliphatic rings. The zero-order valence-corrected chi connectivity index (χ0v) is 9.40. The van der Waals surface area contributed by atoms with Gasteiger partial charge in [0.25, 0.3) is 0 Å². The Bertz CT molecular complexity index is 320. The van der Waals surface area contributed by atoms with E-state index in [0.29, 0.717) is 6.04 Å². The number of rotatable bonds is 3. The molecule has 0 spiro atoms. The van der Waals surface area contributed by atoms with E-state index in [0.717, 1.165) is 24.6 Å². The third kappa shape index (κ3) is 2.45. The van der Waals surface area contributed by atoms with Crippen molar-refractivity contribution in [3.8, 4) is 0 Å². The van der Waals surface area contributed by atoms with Crippen molar-refractivity contribution in [2.24, 2.45) is 0 Å².